The van der Waals surface area contributed by atoms with Crippen molar-refractivity contribution >= 4 is 33.7 Å². The first kappa shape index (κ1) is 15.6. The molecule has 2 heterocycles. The van der Waals surface area contributed by atoms with E-state index in [-0.39, 0.29) is 0 Å². The van der Waals surface area contributed by atoms with Crippen molar-refractivity contribution in [1.29, 1.82) is 0 Å². The lowest BCUT2D eigenvalue weighted by atomic mass is 10.0. The first-order valence-corrected chi connectivity index (χ1v) is 8.42. The van der Waals surface area contributed by atoms with E-state index in [0.717, 1.165) is 21.4 Å². The largest absolute Gasteiger partial charge is 0.457 e. The molecule has 1 aliphatic rings. The number of furan rings is 1. The average molecular weight is 394 g/mol. The van der Waals surface area contributed by atoms with E-state index in [1.165, 1.54) is 0 Å². The van der Waals surface area contributed by atoms with E-state index in [1.54, 1.807) is 6.08 Å². The van der Waals surface area contributed by atoms with Gasteiger partial charge in [-0.25, -0.2) is 4.79 Å². The van der Waals surface area contributed by atoms with Crippen LogP contribution in [0.5, 0.6) is 0 Å². The first-order valence-electron chi connectivity index (χ1n) is 7.63. The minimum absolute atomic E-state index is 0.378. The highest BCUT2D eigenvalue weighted by atomic mass is 79.9. The Hall–Kier alpha value is -2.92. The zero-order valence-corrected chi connectivity index (χ0v) is 14.6. The maximum atomic E-state index is 12.0. The van der Waals surface area contributed by atoms with Gasteiger partial charge in [0.25, 0.3) is 0 Å². The van der Waals surface area contributed by atoms with Gasteiger partial charge in [-0.3, -0.25) is 0 Å². The molecule has 4 nitrogen and oxygen atoms in total. The lowest BCUT2D eigenvalue weighted by Gasteiger charge is -1.99. The molecule has 122 valence electrons. The Kier molecular flexibility index (Phi) is 4.07. The fourth-order valence-electron chi connectivity index (χ4n) is 2.56. The van der Waals surface area contributed by atoms with Crippen LogP contribution in [0.25, 0.3) is 17.4 Å². The van der Waals surface area contributed by atoms with Gasteiger partial charge in [-0.1, -0.05) is 63.6 Å². The lowest BCUT2D eigenvalue weighted by Crippen LogP contribution is -2.06. The second-order valence-corrected chi connectivity index (χ2v) is 6.37. The van der Waals surface area contributed by atoms with Crippen molar-refractivity contribution in [3.63, 3.8) is 0 Å². The third-order valence-corrected chi connectivity index (χ3v) is 4.31. The molecule has 0 saturated carbocycles. The molecule has 0 radical (unpaired) electrons. The Morgan fingerprint density at radius 1 is 0.880 bits per heavy atom. The van der Waals surface area contributed by atoms with Crippen molar-refractivity contribution in [2.24, 2.45) is 5.16 Å². The summed E-state index contributed by atoms with van der Waals surface area (Å²) in [4.78, 5) is 16.9. The molecule has 2 aromatic carbocycles. The number of hydrogen-bond acceptors (Lipinski definition) is 4. The summed E-state index contributed by atoms with van der Waals surface area (Å²) in [6, 6.07) is 20.9. The van der Waals surface area contributed by atoms with Crippen LogP contribution in [-0.2, 0) is 9.63 Å². The van der Waals surface area contributed by atoms with Gasteiger partial charge in [0.05, 0.1) is 5.57 Å². The highest BCUT2D eigenvalue weighted by molar-refractivity contribution is 9.10. The summed E-state index contributed by atoms with van der Waals surface area (Å²) < 4.78 is 6.85. The molecule has 0 fully saturated rings. The molecular weight excluding hydrogens is 382 g/mol. The first-order chi connectivity index (χ1) is 12.2. The number of rotatable bonds is 3. The quantitative estimate of drug-likeness (QED) is 0.461. The number of nitrogens with zero attached hydrogens (tertiary/aromatic N) is 1. The summed E-state index contributed by atoms with van der Waals surface area (Å²) in [7, 11) is 0. The van der Waals surface area contributed by atoms with Crippen molar-refractivity contribution < 1.29 is 14.0 Å². The van der Waals surface area contributed by atoms with E-state index in [2.05, 4.69) is 21.1 Å². The van der Waals surface area contributed by atoms with Crippen molar-refractivity contribution in [3.8, 4) is 11.3 Å². The predicted octanol–water partition coefficient (Wildman–Crippen LogP) is 5.05. The number of benzene rings is 2. The number of halogens is 1. The summed E-state index contributed by atoms with van der Waals surface area (Å²) in [5.41, 5.74) is 2.66. The van der Waals surface area contributed by atoms with E-state index in [9.17, 15) is 4.79 Å². The van der Waals surface area contributed by atoms with Crippen LogP contribution >= 0.6 is 15.9 Å². The predicted molar refractivity (Wildman–Crippen MR) is 98.9 cm³/mol. The highest BCUT2D eigenvalue weighted by Gasteiger charge is 2.27. The summed E-state index contributed by atoms with van der Waals surface area (Å²) in [6.45, 7) is 0. The molecule has 1 aromatic heterocycles. The van der Waals surface area contributed by atoms with Gasteiger partial charge in [-0.2, -0.15) is 0 Å². The molecule has 4 rings (SSSR count). The van der Waals surface area contributed by atoms with Gasteiger partial charge in [-0.15, -0.1) is 0 Å². The molecular formula is C20H12BrNO3. The Morgan fingerprint density at radius 3 is 2.40 bits per heavy atom. The van der Waals surface area contributed by atoms with Crippen LogP contribution in [0.3, 0.4) is 0 Å². The van der Waals surface area contributed by atoms with Gasteiger partial charge < -0.3 is 9.25 Å². The molecule has 0 amide bonds. The molecule has 0 N–H and O–H groups in total. The number of carbonyl (C=O) groups excluding carboxylic acids is 1. The Bertz CT molecular complexity index is 985. The highest BCUT2D eigenvalue weighted by Crippen LogP contribution is 2.26. The smallest absolute Gasteiger partial charge is 0.368 e. The van der Waals surface area contributed by atoms with Crippen LogP contribution in [0.4, 0.5) is 0 Å². The summed E-state index contributed by atoms with van der Waals surface area (Å²) in [5.74, 6) is 0.805. The second kappa shape index (κ2) is 6.53. The van der Waals surface area contributed by atoms with Gasteiger partial charge in [0.15, 0.2) is 0 Å². The third kappa shape index (κ3) is 3.19. The molecule has 0 aliphatic carbocycles. The van der Waals surface area contributed by atoms with E-state index in [4.69, 9.17) is 9.25 Å². The fraction of sp³-hybridized carbons (Fsp3) is 0. The molecule has 0 atom stereocenters. The van der Waals surface area contributed by atoms with Gasteiger partial charge in [0.2, 0.25) is 0 Å². The Labute approximate surface area is 152 Å². The standard InChI is InChI=1S/C20H12BrNO3/c21-15-8-6-13(7-9-15)18-11-10-16(24-18)12-17-19(22-25-20(17)23)14-4-2-1-3-5-14/h1-12H/b17-12-. The van der Waals surface area contributed by atoms with Crippen LogP contribution in [-0.4, -0.2) is 11.7 Å². The fourth-order valence-corrected chi connectivity index (χ4v) is 2.82. The van der Waals surface area contributed by atoms with E-state index in [1.807, 2.05) is 66.7 Å². The van der Waals surface area contributed by atoms with Crippen LogP contribution in [0.2, 0.25) is 0 Å². The van der Waals surface area contributed by atoms with Crippen molar-refractivity contribution in [1.82, 2.24) is 0 Å². The van der Waals surface area contributed by atoms with Crippen LogP contribution < -0.4 is 0 Å². The van der Waals surface area contributed by atoms with E-state index < -0.39 is 5.97 Å². The Morgan fingerprint density at radius 2 is 1.64 bits per heavy atom. The van der Waals surface area contributed by atoms with E-state index >= 15 is 0 Å². The summed E-state index contributed by atoms with van der Waals surface area (Å²) >= 11 is 3.41. The average Bonchev–Trinajstić information content (AvgIpc) is 3.24. The van der Waals surface area contributed by atoms with Crippen LogP contribution in [0, 0.1) is 0 Å². The zero-order valence-electron chi connectivity index (χ0n) is 13.0. The molecule has 0 spiro atoms. The second-order valence-electron chi connectivity index (χ2n) is 5.45. The minimum atomic E-state index is -0.486. The number of carbonyl (C=O) groups is 1. The maximum Gasteiger partial charge on any atom is 0.368 e. The molecule has 25 heavy (non-hydrogen) atoms. The summed E-state index contributed by atoms with van der Waals surface area (Å²) in [6.07, 6.45) is 1.66. The number of hydrogen-bond donors (Lipinski definition) is 0. The Balaban J connectivity index is 1.67. The van der Waals surface area contributed by atoms with Gasteiger partial charge >= 0.3 is 5.97 Å². The number of oxime groups is 1. The summed E-state index contributed by atoms with van der Waals surface area (Å²) in [5, 5.41) is 3.89. The molecule has 5 heteroatoms. The van der Waals surface area contributed by atoms with Gasteiger partial charge in [-0.05, 0) is 30.3 Å². The maximum absolute atomic E-state index is 12.0. The molecule has 0 unspecified atom stereocenters. The van der Waals surface area contributed by atoms with Crippen molar-refractivity contribution in [2.75, 3.05) is 0 Å². The topological polar surface area (TPSA) is 51.8 Å². The normalized spacial score (nSPS) is 15.3. The van der Waals surface area contributed by atoms with Gasteiger partial charge in [0.1, 0.15) is 17.2 Å². The van der Waals surface area contributed by atoms with Crippen LogP contribution in [0.1, 0.15) is 11.3 Å². The third-order valence-electron chi connectivity index (χ3n) is 3.78. The molecule has 0 bridgehead atoms. The minimum Gasteiger partial charge on any atom is -0.457 e. The molecule has 0 saturated heterocycles. The van der Waals surface area contributed by atoms with Crippen LogP contribution in [0.15, 0.2) is 86.3 Å². The van der Waals surface area contributed by atoms with Gasteiger partial charge in [0, 0.05) is 15.6 Å². The SMILES string of the molecule is O=C1ON=C(c2ccccc2)/C1=C/c1ccc(-c2ccc(Br)cc2)o1. The molecule has 1 aliphatic heterocycles. The molecule has 3 aromatic rings. The zero-order chi connectivity index (χ0) is 17.2. The van der Waals surface area contributed by atoms with Crippen molar-refractivity contribution in [2.45, 2.75) is 0 Å². The van der Waals surface area contributed by atoms with E-state index in [0.29, 0.717) is 17.0 Å². The lowest BCUT2D eigenvalue weighted by molar-refractivity contribution is -0.136. The van der Waals surface area contributed by atoms with Crippen molar-refractivity contribution in [3.05, 3.63) is 88.1 Å². The monoisotopic (exact) mass is 393 g/mol.